The van der Waals surface area contributed by atoms with Crippen LogP contribution in [0.1, 0.15) is 31.1 Å². The molecule has 0 N–H and O–H groups in total. The van der Waals surface area contributed by atoms with E-state index in [2.05, 4.69) is 18.7 Å². The molecule has 2 unspecified atom stereocenters. The monoisotopic (exact) mass is 261 g/mol. The van der Waals surface area contributed by atoms with Crippen molar-refractivity contribution in [2.45, 2.75) is 20.8 Å². The van der Waals surface area contributed by atoms with Gasteiger partial charge in [-0.2, -0.15) is 0 Å². The van der Waals surface area contributed by atoms with Crippen molar-refractivity contribution in [3.63, 3.8) is 0 Å². The number of benzene rings is 1. The second-order valence-electron chi connectivity index (χ2n) is 5.53. The first-order valence-corrected chi connectivity index (χ1v) is 7.08. The van der Waals surface area contributed by atoms with Gasteiger partial charge in [-0.1, -0.05) is 13.8 Å². The first kappa shape index (κ1) is 14.1. The van der Waals surface area contributed by atoms with Crippen LogP contribution < -0.4 is 4.74 Å². The highest BCUT2D eigenvalue weighted by Gasteiger charge is 2.27. The molecule has 19 heavy (non-hydrogen) atoms. The first-order valence-electron chi connectivity index (χ1n) is 7.08. The van der Waals surface area contributed by atoms with Crippen molar-refractivity contribution in [1.29, 1.82) is 0 Å². The van der Waals surface area contributed by atoms with Gasteiger partial charge in [0.15, 0.2) is 5.78 Å². The maximum Gasteiger partial charge on any atom is 0.176 e. The van der Waals surface area contributed by atoms with Crippen LogP contribution in [0.25, 0.3) is 0 Å². The van der Waals surface area contributed by atoms with Crippen LogP contribution in [0.15, 0.2) is 24.3 Å². The second kappa shape index (κ2) is 6.20. The Bertz CT molecular complexity index is 417. The molecular weight excluding hydrogens is 238 g/mol. The molecule has 3 heteroatoms. The molecule has 2 rings (SSSR count). The van der Waals surface area contributed by atoms with Crippen LogP contribution in [0, 0.1) is 11.8 Å². The van der Waals surface area contributed by atoms with Gasteiger partial charge in [0.1, 0.15) is 5.75 Å². The van der Waals surface area contributed by atoms with Crippen LogP contribution in [-0.4, -0.2) is 36.9 Å². The molecule has 0 bridgehead atoms. The molecule has 1 fully saturated rings. The fourth-order valence-corrected chi connectivity index (χ4v) is 2.58. The van der Waals surface area contributed by atoms with Gasteiger partial charge in [0.2, 0.25) is 0 Å². The van der Waals surface area contributed by atoms with Crippen molar-refractivity contribution >= 4 is 5.78 Å². The van der Waals surface area contributed by atoms with Crippen LogP contribution in [-0.2, 0) is 0 Å². The summed E-state index contributed by atoms with van der Waals surface area (Å²) in [6, 6.07) is 7.45. The normalized spacial score (nSPS) is 23.5. The Morgan fingerprint density at radius 1 is 1.21 bits per heavy atom. The average molecular weight is 261 g/mol. The van der Waals surface area contributed by atoms with Crippen LogP contribution in [0.2, 0.25) is 0 Å². The minimum absolute atomic E-state index is 0.198. The van der Waals surface area contributed by atoms with E-state index in [0.29, 0.717) is 25.0 Å². The third kappa shape index (κ3) is 3.57. The largest absolute Gasteiger partial charge is 0.494 e. The van der Waals surface area contributed by atoms with Gasteiger partial charge in [-0.15, -0.1) is 0 Å². The maximum absolute atomic E-state index is 12.2. The second-order valence-corrected chi connectivity index (χ2v) is 5.53. The molecule has 1 saturated heterocycles. The van der Waals surface area contributed by atoms with Gasteiger partial charge in [0.05, 0.1) is 13.2 Å². The Labute approximate surface area is 115 Å². The molecule has 1 aliphatic rings. The number of Topliss-reactive ketones (excluding diaryl/α,β-unsaturated/α-hetero) is 1. The fourth-order valence-electron chi connectivity index (χ4n) is 2.58. The topological polar surface area (TPSA) is 29.5 Å². The van der Waals surface area contributed by atoms with Gasteiger partial charge >= 0.3 is 0 Å². The number of ketones is 1. The lowest BCUT2D eigenvalue weighted by atomic mass is 10.0. The van der Waals surface area contributed by atoms with E-state index in [9.17, 15) is 4.79 Å². The molecule has 0 radical (unpaired) electrons. The SMILES string of the molecule is CCOc1ccc(C(=O)CN2CC(C)C(C)C2)cc1. The lowest BCUT2D eigenvalue weighted by molar-refractivity contribution is 0.0942. The average Bonchev–Trinajstić information content (AvgIpc) is 2.69. The Morgan fingerprint density at radius 3 is 2.32 bits per heavy atom. The number of hydrogen-bond donors (Lipinski definition) is 0. The lowest BCUT2D eigenvalue weighted by Gasteiger charge is -2.14. The van der Waals surface area contributed by atoms with E-state index < -0.39 is 0 Å². The van der Waals surface area contributed by atoms with Crippen molar-refractivity contribution in [2.75, 3.05) is 26.2 Å². The number of hydrogen-bond acceptors (Lipinski definition) is 3. The van der Waals surface area contributed by atoms with E-state index in [1.54, 1.807) is 0 Å². The summed E-state index contributed by atoms with van der Waals surface area (Å²) in [7, 11) is 0. The number of carbonyl (C=O) groups excluding carboxylic acids is 1. The number of ether oxygens (including phenoxy) is 1. The molecule has 1 aromatic rings. The zero-order valence-electron chi connectivity index (χ0n) is 12.1. The smallest absolute Gasteiger partial charge is 0.176 e. The summed E-state index contributed by atoms with van der Waals surface area (Å²) in [6.45, 7) is 9.71. The van der Waals surface area contributed by atoms with E-state index in [1.165, 1.54) is 0 Å². The van der Waals surface area contributed by atoms with Crippen LogP contribution >= 0.6 is 0 Å². The predicted octanol–water partition coefficient (Wildman–Crippen LogP) is 2.86. The van der Waals surface area contributed by atoms with Crippen LogP contribution in [0.5, 0.6) is 5.75 Å². The highest BCUT2D eigenvalue weighted by molar-refractivity contribution is 5.97. The number of nitrogens with zero attached hydrogens (tertiary/aromatic N) is 1. The molecule has 1 aromatic carbocycles. The summed E-state index contributed by atoms with van der Waals surface area (Å²) >= 11 is 0. The van der Waals surface area contributed by atoms with Gasteiger partial charge in [-0.05, 0) is 43.0 Å². The van der Waals surface area contributed by atoms with E-state index in [4.69, 9.17) is 4.74 Å². The van der Waals surface area contributed by atoms with Crippen LogP contribution in [0.4, 0.5) is 0 Å². The van der Waals surface area contributed by atoms with Gasteiger partial charge < -0.3 is 4.74 Å². The van der Waals surface area contributed by atoms with Crippen molar-refractivity contribution in [1.82, 2.24) is 4.90 Å². The number of rotatable bonds is 5. The Hall–Kier alpha value is -1.35. The highest BCUT2D eigenvalue weighted by atomic mass is 16.5. The van der Waals surface area contributed by atoms with E-state index >= 15 is 0 Å². The summed E-state index contributed by atoms with van der Waals surface area (Å²) in [5.41, 5.74) is 0.774. The fraction of sp³-hybridized carbons (Fsp3) is 0.562. The van der Waals surface area contributed by atoms with Gasteiger partial charge in [-0.3, -0.25) is 9.69 Å². The standard InChI is InChI=1S/C16H23NO2/c1-4-19-15-7-5-14(6-8-15)16(18)11-17-9-12(2)13(3)10-17/h5-8,12-13H,4,9-11H2,1-3H3. The first-order chi connectivity index (χ1) is 9.10. The van der Waals surface area contributed by atoms with E-state index in [0.717, 1.165) is 24.4 Å². The molecule has 0 spiro atoms. The highest BCUT2D eigenvalue weighted by Crippen LogP contribution is 2.22. The minimum Gasteiger partial charge on any atom is -0.494 e. The summed E-state index contributed by atoms with van der Waals surface area (Å²) < 4.78 is 5.38. The maximum atomic E-state index is 12.2. The summed E-state index contributed by atoms with van der Waals surface area (Å²) in [4.78, 5) is 14.5. The molecule has 1 heterocycles. The molecule has 0 aliphatic carbocycles. The molecule has 2 atom stereocenters. The molecular formula is C16H23NO2. The Kier molecular flexibility index (Phi) is 4.59. The number of likely N-dealkylation sites (tertiary alicyclic amines) is 1. The zero-order chi connectivity index (χ0) is 13.8. The van der Waals surface area contributed by atoms with Crippen molar-refractivity contribution in [3.05, 3.63) is 29.8 Å². The Morgan fingerprint density at radius 2 is 1.79 bits per heavy atom. The van der Waals surface area contributed by atoms with Crippen molar-refractivity contribution < 1.29 is 9.53 Å². The van der Waals surface area contributed by atoms with E-state index in [-0.39, 0.29) is 5.78 Å². The summed E-state index contributed by atoms with van der Waals surface area (Å²) in [5, 5.41) is 0. The quantitative estimate of drug-likeness (QED) is 0.763. The predicted molar refractivity (Wildman–Crippen MR) is 76.7 cm³/mol. The molecule has 104 valence electrons. The lowest BCUT2D eigenvalue weighted by Crippen LogP contribution is -2.28. The molecule has 0 saturated carbocycles. The molecule has 0 amide bonds. The van der Waals surface area contributed by atoms with Gasteiger partial charge in [-0.25, -0.2) is 0 Å². The molecule has 1 aliphatic heterocycles. The third-order valence-electron chi connectivity index (χ3n) is 3.92. The Balaban J connectivity index is 1.93. The summed E-state index contributed by atoms with van der Waals surface area (Å²) in [5.74, 6) is 2.40. The minimum atomic E-state index is 0.198. The van der Waals surface area contributed by atoms with E-state index in [1.807, 2.05) is 31.2 Å². The summed E-state index contributed by atoms with van der Waals surface area (Å²) in [6.07, 6.45) is 0. The number of carbonyl (C=O) groups is 1. The van der Waals surface area contributed by atoms with Gasteiger partial charge in [0, 0.05) is 18.7 Å². The molecule has 3 nitrogen and oxygen atoms in total. The van der Waals surface area contributed by atoms with Crippen molar-refractivity contribution in [3.8, 4) is 5.75 Å². The van der Waals surface area contributed by atoms with Crippen LogP contribution in [0.3, 0.4) is 0 Å². The van der Waals surface area contributed by atoms with Crippen molar-refractivity contribution in [2.24, 2.45) is 11.8 Å². The molecule has 0 aromatic heterocycles. The van der Waals surface area contributed by atoms with Gasteiger partial charge in [0.25, 0.3) is 0 Å². The zero-order valence-corrected chi connectivity index (χ0v) is 12.1. The third-order valence-corrected chi connectivity index (χ3v) is 3.92.